The second kappa shape index (κ2) is 24.2. The molecule has 1 amide bonds. The van der Waals surface area contributed by atoms with Gasteiger partial charge in [-0.05, 0) is 89.9 Å². The maximum absolute atomic E-state index is 12.9. The third kappa shape index (κ3) is 15.3. The van der Waals surface area contributed by atoms with Crippen molar-refractivity contribution in [3.05, 3.63) is 136 Å². The van der Waals surface area contributed by atoms with E-state index in [1.54, 1.807) is 24.3 Å². The summed E-state index contributed by atoms with van der Waals surface area (Å²) in [5.74, 6) is 0.0594. The van der Waals surface area contributed by atoms with Gasteiger partial charge in [0.25, 0.3) is 5.91 Å². The van der Waals surface area contributed by atoms with E-state index in [2.05, 4.69) is 59.4 Å². The van der Waals surface area contributed by atoms with Crippen LogP contribution in [0.5, 0.6) is 0 Å². The van der Waals surface area contributed by atoms with Gasteiger partial charge in [-0.15, -0.1) is 0 Å². The summed E-state index contributed by atoms with van der Waals surface area (Å²) >= 11 is 0. The number of amides is 1. The van der Waals surface area contributed by atoms with E-state index >= 15 is 0 Å². The van der Waals surface area contributed by atoms with Gasteiger partial charge in [-0.3, -0.25) is 4.79 Å². The molecule has 1 atom stereocenters. The van der Waals surface area contributed by atoms with Crippen molar-refractivity contribution in [2.75, 3.05) is 18.0 Å². The van der Waals surface area contributed by atoms with Gasteiger partial charge in [0.05, 0.1) is 17.2 Å². The van der Waals surface area contributed by atoms with E-state index in [0.29, 0.717) is 5.69 Å². The molecule has 5 aromatic rings. The highest BCUT2D eigenvalue weighted by Crippen LogP contribution is 2.37. The highest BCUT2D eigenvalue weighted by Gasteiger charge is 2.37. The zero-order valence-electron chi connectivity index (χ0n) is 36.6. The maximum Gasteiger partial charge on any atom is 0.416 e. The van der Waals surface area contributed by atoms with Gasteiger partial charge in [0.15, 0.2) is 0 Å². The average molecular weight is 862 g/mol. The summed E-state index contributed by atoms with van der Waals surface area (Å²) in [6.45, 7) is 6.91. The molecule has 0 fully saturated rings. The molecule has 1 aliphatic heterocycles. The minimum atomic E-state index is -4.84. The first kappa shape index (κ1) is 48.3. The molecular weight excluding hydrogens is 797 g/mol. The molecule has 62 heavy (non-hydrogen) atoms. The molecule has 336 valence electrons. The van der Waals surface area contributed by atoms with Crippen LogP contribution in [0.25, 0.3) is 10.9 Å². The van der Waals surface area contributed by atoms with E-state index in [-0.39, 0.29) is 30.0 Å². The molecule has 4 aromatic carbocycles. The SMILES string of the molecule is CCCCCCCCCCN(CCCCCCCCCC)c1ccc(CC2NC(=O)c3ccccc32)cc1.FC(F)(F)c1cc(Cc2cc3ccccc3[nH]2)cc(C(F)(F)F)c1. The molecule has 0 radical (unpaired) electrons. The summed E-state index contributed by atoms with van der Waals surface area (Å²) in [6, 6.07) is 27.8. The Bertz CT molecular complexity index is 2000. The molecule has 1 aliphatic rings. The Morgan fingerprint density at radius 2 is 1.08 bits per heavy atom. The highest BCUT2D eigenvalue weighted by molar-refractivity contribution is 5.99. The van der Waals surface area contributed by atoms with Crippen LogP contribution in [0.15, 0.2) is 97.1 Å². The number of alkyl halides is 6. The van der Waals surface area contributed by atoms with Crippen molar-refractivity contribution >= 4 is 22.5 Å². The summed E-state index contributed by atoms with van der Waals surface area (Å²) in [6.07, 6.45) is 13.0. The van der Waals surface area contributed by atoms with Crippen LogP contribution in [-0.4, -0.2) is 24.0 Å². The number of aromatic amines is 1. The Morgan fingerprint density at radius 3 is 1.63 bits per heavy atom. The van der Waals surface area contributed by atoms with E-state index in [9.17, 15) is 31.1 Å². The number of carbonyl (C=O) groups excluding carboxylic acids is 1. The molecular formula is C52H65F6N3O. The number of nitrogens with zero attached hydrogens (tertiary/aromatic N) is 1. The lowest BCUT2D eigenvalue weighted by molar-refractivity contribution is -0.143. The van der Waals surface area contributed by atoms with Crippen LogP contribution >= 0.6 is 0 Å². The average Bonchev–Trinajstić information content (AvgIpc) is 3.81. The fraction of sp³-hybridized carbons (Fsp3) is 0.481. The quantitative estimate of drug-likeness (QED) is 0.0508. The second-order valence-electron chi connectivity index (χ2n) is 16.9. The topological polar surface area (TPSA) is 48.1 Å². The molecule has 0 spiro atoms. The predicted molar refractivity (Wildman–Crippen MR) is 242 cm³/mol. The monoisotopic (exact) mass is 862 g/mol. The fourth-order valence-corrected chi connectivity index (χ4v) is 8.37. The van der Waals surface area contributed by atoms with E-state index in [0.717, 1.165) is 53.7 Å². The first-order valence-corrected chi connectivity index (χ1v) is 22.9. The number of rotatable bonds is 23. The van der Waals surface area contributed by atoms with Crippen molar-refractivity contribution in [1.29, 1.82) is 0 Å². The normalized spacial score (nSPS) is 13.8. The predicted octanol–water partition coefficient (Wildman–Crippen LogP) is 15.6. The molecule has 2 heterocycles. The second-order valence-corrected chi connectivity index (χ2v) is 16.9. The van der Waals surface area contributed by atoms with E-state index < -0.39 is 23.5 Å². The molecule has 2 N–H and O–H groups in total. The molecule has 1 aromatic heterocycles. The van der Waals surface area contributed by atoms with Crippen molar-refractivity contribution in [3.8, 4) is 0 Å². The zero-order chi connectivity index (χ0) is 44.4. The molecule has 0 saturated heterocycles. The van der Waals surface area contributed by atoms with E-state index in [1.165, 1.54) is 114 Å². The molecule has 0 bridgehead atoms. The van der Waals surface area contributed by atoms with Crippen LogP contribution < -0.4 is 10.2 Å². The number of unbranched alkanes of at least 4 members (excludes halogenated alkanes) is 14. The number of anilines is 1. The number of carbonyl (C=O) groups is 1. The highest BCUT2D eigenvalue weighted by atomic mass is 19.4. The van der Waals surface area contributed by atoms with E-state index in [1.807, 2.05) is 24.3 Å². The Balaban J connectivity index is 0.000000259. The lowest BCUT2D eigenvalue weighted by atomic mass is 9.98. The lowest BCUT2D eigenvalue weighted by Crippen LogP contribution is -2.25. The zero-order valence-corrected chi connectivity index (χ0v) is 36.6. The van der Waals surface area contributed by atoms with Gasteiger partial charge >= 0.3 is 12.4 Å². The van der Waals surface area contributed by atoms with Crippen molar-refractivity contribution in [2.45, 2.75) is 148 Å². The first-order valence-electron chi connectivity index (χ1n) is 22.9. The summed E-state index contributed by atoms with van der Waals surface area (Å²) in [5, 5.41) is 4.01. The van der Waals surface area contributed by atoms with Crippen LogP contribution in [-0.2, 0) is 25.2 Å². The summed E-state index contributed by atoms with van der Waals surface area (Å²) in [4.78, 5) is 17.9. The maximum atomic E-state index is 12.9. The van der Waals surface area contributed by atoms with Gasteiger partial charge in [-0.25, -0.2) is 0 Å². The third-order valence-electron chi connectivity index (χ3n) is 11.8. The molecule has 0 saturated carbocycles. The number of para-hydroxylation sites is 1. The van der Waals surface area contributed by atoms with Gasteiger partial charge in [-0.1, -0.05) is 152 Å². The number of H-pyrrole nitrogens is 1. The number of fused-ring (bicyclic) bond motifs is 2. The van der Waals surface area contributed by atoms with Crippen LogP contribution in [0.4, 0.5) is 32.0 Å². The van der Waals surface area contributed by atoms with Crippen molar-refractivity contribution in [3.63, 3.8) is 0 Å². The number of hydrogen-bond acceptors (Lipinski definition) is 2. The van der Waals surface area contributed by atoms with Crippen LogP contribution in [0.2, 0.25) is 0 Å². The molecule has 6 rings (SSSR count). The van der Waals surface area contributed by atoms with Gasteiger partial charge in [-0.2, -0.15) is 26.3 Å². The Morgan fingerprint density at radius 1 is 0.565 bits per heavy atom. The van der Waals surface area contributed by atoms with Gasteiger partial charge in [0.1, 0.15) is 0 Å². The summed E-state index contributed by atoms with van der Waals surface area (Å²) in [7, 11) is 0. The third-order valence-corrected chi connectivity index (χ3v) is 11.8. The van der Waals surface area contributed by atoms with E-state index in [4.69, 9.17) is 0 Å². The minimum Gasteiger partial charge on any atom is -0.372 e. The van der Waals surface area contributed by atoms with Gasteiger partial charge in [0, 0.05) is 42.0 Å². The minimum absolute atomic E-state index is 0.0521. The van der Waals surface area contributed by atoms with Crippen molar-refractivity contribution < 1.29 is 31.1 Å². The molecule has 0 aliphatic carbocycles. The number of halogens is 6. The Hall–Kier alpha value is -4.73. The van der Waals surface area contributed by atoms with Crippen LogP contribution in [0.1, 0.15) is 166 Å². The smallest absolute Gasteiger partial charge is 0.372 e. The number of benzene rings is 4. The summed E-state index contributed by atoms with van der Waals surface area (Å²) in [5.41, 5.74) is 3.27. The van der Waals surface area contributed by atoms with Crippen LogP contribution in [0.3, 0.4) is 0 Å². The molecule has 4 nitrogen and oxygen atoms in total. The molecule has 10 heteroatoms. The number of aromatic nitrogens is 1. The van der Waals surface area contributed by atoms with Crippen LogP contribution in [0, 0.1) is 0 Å². The van der Waals surface area contributed by atoms with Gasteiger partial charge in [0.2, 0.25) is 0 Å². The summed E-state index contributed by atoms with van der Waals surface area (Å²) < 4.78 is 77.2. The number of nitrogens with one attached hydrogen (secondary N) is 2. The number of hydrogen-bond donors (Lipinski definition) is 2. The first-order chi connectivity index (χ1) is 29.9. The Kier molecular flexibility index (Phi) is 18.9. The molecule has 1 unspecified atom stereocenters. The van der Waals surface area contributed by atoms with Gasteiger partial charge < -0.3 is 15.2 Å². The standard InChI is InChI=1S/C35H54N2O.C17H11F6N/c1-3-5-7-9-11-13-15-19-27-37(28-20-16-14-12-10-8-6-4-2)31-25-23-30(24-26-31)29-34-32-21-17-18-22-33(32)35(38)36-34;18-16(19,20)12-5-10(6-13(9-12)17(21,22)23)7-14-8-11-3-1-2-4-15(11)24-14/h17-18,21-26,34H,3-16,19-20,27-29H2,1-2H3,(H,36,38);1-6,8-9,24H,7H2. The van der Waals surface area contributed by atoms with Crippen molar-refractivity contribution in [1.82, 2.24) is 10.3 Å². The lowest BCUT2D eigenvalue weighted by Gasteiger charge is -2.25. The largest absolute Gasteiger partial charge is 0.416 e. The van der Waals surface area contributed by atoms with Crippen molar-refractivity contribution in [2.24, 2.45) is 0 Å². The Labute approximate surface area is 364 Å². The fourth-order valence-electron chi connectivity index (χ4n) is 8.37.